The first-order valence-electron chi connectivity index (χ1n) is 8.62. The minimum absolute atomic E-state index is 0.263. The van der Waals surface area contributed by atoms with Gasteiger partial charge in [-0.1, -0.05) is 18.2 Å². The third-order valence-corrected chi connectivity index (χ3v) is 4.54. The third kappa shape index (κ3) is 3.34. The van der Waals surface area contributed by atoms with Gasteiger partial charge < -0.3 is 15.1 Å². The van der Waals surface area contributed by atoms with Crippen LogP contribution < -0.4 is 10.2 Å². The van der Waals surface area contributed by atoms with E-state index in [4.69, 9.17) is 0 Å². The lowest BCUT2D eigenvalue weighted by atomic mass is 10.2. The highest BCUT2D eigenvalue weighted by Gasteiger charge is 2.18. The van der Waals surface area contributed by atoms with Crippen LogP contribution in [0.4, 0.5) is 11.6 Å². The number of carbonyl (C=O) groups excluding carboxylic acids is 1. The van der Waals surface area contributed by atoms with Crippen molar-refractivity contribution in [3.8, 4) is 0 Å². The number of nitrogens with one attached hydrogen (secondary N) is 1. The first kappa shape index (κ1) is 16.4. The van der Waals surface area contributed by atoms with Crippen molar-refractivity contribution >= 4 is 28.4 Å². The standard InChI is InChI=1S/C19H20N6O/c1-24-10-12-25(13-11-24)19-21-9-7-16(23-19)18(26)22-15-6-2-4-14-5-3-8-20-17(14)15/h2-9H,10-13H2,1H3,(H,22,26). The van der Waals surface area contributed by atoms with Crippen molar-refractivity contribution < 1.29 is 4.79 Å². The van der Waals surface area contributed by atoms with Crippen LogP contribution in [0, 0.1) is 0 Å². The molecule has 26 heavy (non-hydrogen) atoms. The molecule has 0 spiro atoms. The van der Waals surface area contributed by atoms with E-state index in [1.165, 1.54) is 0 Å². The predicted octanol–water partition coefficient (Wildman–Crippen LogP) is 2.03. The number of piperazine rings is 1. The number of aromatic nitrogens is 3. The number of likely N-dealkylation sites (N-methyl/N-ethyl adjacent to an activating group) is 1. The molecule has 0 atom stereocenters. The fourth-order valence-electron chi connectivity index (χ4n) is 3.03. The number of carbonyl (C=O) groups is 1. The van der Waals surface area contributed by atoms with Gasteiger partial charge in [0.2, 0.25) is 5.95 Å². The molecule has 1 saturated heterocycles. The van der Waals surface area contributed by atoms with E-state index in [-0.39, 0.29) is 5.91 Å². The summed E-state index contributed by atoms with van der Waals surface area (Å²) in [6, 6.07) is 11.2. The number of hydrogen-bond acceptors (Lipinski definition) is 6. The molecule has 3 aromatic rings. The largest absolute Gasteiger partial charge is 0.338 e. The third-order valence-electron chi connectivity index (χ3n) is 4.54. The Labute approximate surface area is 151 Å². The Kier molecular flexibility index (Phi) is 4.45. The van der Waals surface area contributed by atoms with Crippen molar-refractivity contribution in [1.82, 2.24) is 19.9 Å². The maximum absolute atomic E-state index is 12.7. The lowest BCUT2D eigenvalue weighted by Crippen LogP contribution is -2.45. The second-order valence-electron chi connectivity index (χ2n) is 6.37. The van der Waals surface area contributed by atoms with Gasteiger partial charge in [-0.2, -0.15) is 0 Å². The Bertz CT molecular complexity index is 931. The quantitative estimate of drug-likeness (QED) is 0.781. The smallest absolute Gasteiger partial charge is 0.274 e. The van der Waals surface area contributed by atoms with E-state index in [0.29, 0.717) is 17.3 Å². The number of fused-ring (bicyclic) bond motifs is 1. The number of anilines is 2. The first-order valence-corrected chi connectivity index (χ1v) is 8.62. The van der Waals surface area contributed by atoms with Gasteiger partial charge in [-0.15, -0.1) is 0 Å². The summed E-state index contributed by atoms with van der Waals surface area (Å²) in [5.41, 5.74) is 1.78. The van der Waals surface area contributed by atoms with E-state index in [1.807, 2.05) is 30.3 Å². The van der Waals surface area contributed by atoms with Crippen molar-refractivity contribution in [1.29, 1.82) is 0 Å². The molecule has 0 saturated carbocycles. The van der Waals surface area contributed by atoms with E-state index >= 15 is 0 Å². The Morgan fingerprint density at radius 1 is 1.00 bits per heavy atom. The second-order valence-corrected chi connectivity index (χ2v) is 6.37. The molecule has 2 aromatic heterocycles. The predicted molar refractivity (Wildman–Crippen MR) is 101 cm³/mol. The second kappa shape index (κ2) is 7.05. The van der Waals surface area contributed by atoms with Crippen LogP contribution in [0.3, 0.4) is 0 Å². The lowest BCUT2D eigenvalue weighted by molar-refractivity contribution is 0.102. The first-order chi connectivity index (χ1) is 12.7. The molecule has 3 heterocycles. The molecule has 1 aromatic carbocycles. The molecule has 7 nitrogen and oxygen atoms in total. The monoisotopic (exact) mass is 348 g/mol. The van der Waals surface area contributed by atoms with Crippen molar-refractivity contribution in [2.24, 2.45) is 0 Å². The van der Waals surface area contributed by atoms with E-state index in [2.05, 4.69) is 37.1 Å². The van der Waals surface area contributed by atoms with Crippen LogP contribution in [0.5, 0.6) is 0 Å². The molecule has 132 valence electrons. The Hall–Kier alpha value is -3.06. The number of pyridine rings is 1. The molecular weight excluding hydrogens is 328 g/mol. The normalized spacial score (nSPS) is 15.2. The van der Waals surface area contributed by atoms with Crippen molar-refractivity contribution in [2.75, 3.05) is 43.4 Å². The summed E-state index contributed by atoms with van der Waals surface area (Å²) >= 11 is 0. The molecule has 1 aliphatic rings. The summed E-state index contributed by atoms with van der Waals surface area (Å²) in [4.78, 5) is 30.2. The zero-order valence-corrected chi connectivity index (χ0v) is 14.6. The average molecular weight is 348 g/mol. The molecule has 4 rings (SSSR count). The number of rotatable bonds is 3. The van der Waals surface area contributed by atoms with Crippen molar-refractivity contribution in [2.45, 2.75) is 0 Å². The summed E-state index contributed by atoms with van der Waals surface area (Å²) < 4.78 is 0. The maximum atomic E-state index is 12.7. The van der Waals surface area contributed by atoms with E-state index < -0.39 is 0 Å². The van der Waals surface area contributed by atoms with Gasteiger partial charge in [-0.05, 0) is 25.2 Å². The van der Waals surface area contributed by atoms with Gasteiger partial charge in [0.25, 0.3) is 5.91 Å². The molecule has 0 aliphatic carbocycles. The summed E-state index contributed by atoms with van der Waals surface area (Å²) in [7, 11) is 2.10. The molecular formula is C19H20N6O. The number of hydrogen-bond donors (Lipinski definition) is 1. The summed E-state index contributed by atoms with van der Waals surface area (Å²) in [5.74, 6) is 0.336. The SMILES string of the molecule is CN1CCN(c2nccc(C(=O)Nc3cccc4cccnc34)n2)CC1. The number of benzene rings is 1. The van der Waals surface area contributed by atoms with Crippen LogP contribution in [0.15, 0.2) is 48.8 Å². The Morgan fingerprint density at radius 2 is 1.81 bits per heavy atom. The van der Waals surface area contributed by atoms with Gasteiger partial charge >= 0.3 is 0 Å². The molecule has 1 aliphatic heterocycles. The number of nitrogens with zero attached hydrogens (tertiary/aromatic N) is 5. The van der Waals surface area contributed by atoms with Gasteiger partial charge in [-0.3, -0.25) is 9.78 Å². The highest BCUT2D eigenvalue weighted by molar-refractivity contribution is 6.07. The fraction of sp³-hybridized carbons (Fsp3) is 0.263. The van der Waals surface area contributed by atoms with Crippen LogP contribution in [0.2, 0.25) is 0 Å². The molecule has 1 N–H and O–H groups in total. The zero-order chi connectivity index (χ0) is 17.9. The highest BCUT2D eigenvalue weighted by atomic mass is 16.1. The van der Waals surface area contributed by atoms with E-state index in [1.54, 1.807) is 18.5 Å². The number of amides is 1. The zero-order valence-electron chi connectivity index (χ0n) is 14.6. The van der Waals surface area contributed by atoms with Gasteiger partial charge in [0, 0.05) is 44.0 Å². The average Bonchev–Trinajstić information content (AvgIpc) is 2.69. The van der Waals surface area contributed by atoms with Crippen molar-refractivity contribution in [3.63, 3.8) is 0 Å². The molecule has 0 bridgehead atoms. The van der Waals surface area contributed by atoms with Gasteiger partial charge in [0.1, 0.15) is 5.69 Å². The Morgan fingerprint density at radius 3 is 2.65 bits per heavy atom. The van der Waals surface area contributed by atoms with Crippen LogP contribution in [0.25, 0.3) is 10.9 Å². The topological polar surface area (TPSA) is 74.2 Å². The molecule has 0 unspecified atom stereocenters. The van der Waals surface area contributed by atoms with Gasteiger partial charge in [0.15, 0.2) is 0 Å². The molecule has 0 radical (unpaired) electrons. The van der Waals surface area contributed by atoms with Crippen LogP contribution in [-0.2, 0) is 0 Å². The van der Waals surface area contributed by atoms with Crippen LogP contribution in [0.1, 0.15) is 10.5 Å². The highest BCUT2D eigenvalue weighted by Crippen LogP contribution is 2.21. The maximum Gasteiger partial charge on any atom is 0.274 e. The molecule has 7 heteroatoms. The van der Waals surface area contributed by atoms with Gasteiger partial charge in [0.05, 0.1) is 11.2 Å². The van der Waals surface area contributed by atoms with Crippen LogP contribution >= 0.6 is 0 Å². The molecule has 1 amide bonds. The fourth-order valence-corrected chi connectivity index (χ4v) is 3.03. The van der Waals surface area contributed by atoms with E-state index in [9.17, 15) is 4.79 Å². The summed E-state index contributed by atoms with van der Waals surface area (Å²) in [6.07, 6.45) is 3.35. The van der Waals surface area contributed by atoms with Crippen molar-refractivity contribution in [3.05, 3.63) is 54.5 Å². The minimum Gasteiger partial charge on any atom is -0.338 e. The Balaban J connectivity index is 1.56. The van der Waals surface area contributed by atoms with Gasteiger partial charge in [-0.25, -0.2) is 9.97 Å². The summed E-state index contributed by atoms with van der Waals surface area (Å²) in [5, 5.41) is 3.90. The van der Waals surface area contributed by atoms with Crippen LogP contribution in [-0.4, -0.2) is 59.0 Å². The lowest BCUT2D eigenvalue weighted by Gasteiger charge is -2.32. The van der Waals surface area contributed by atoms with E-state index in [0.717, 1.165) is 37.1 Å². The minimum atomic E-state index is -0.263. The number of para-hydroxylation sites is 1. The summed E-state index contributed by atoms with van der Waals surface area (Å²) in [6.45, 7) is 3.63. The molecule has 1 fully saturated rings.